The third kappa shape index (κ3) is 5.10. The quantitative estimate of drug-likeness (QED) is 0.868. The summed E-state index contributed by atoms with van der Waals surface area (Å²) in [6, 6.07) is 8.33. The van der Waals surface area contributed by atoms with Crippen molar-refractivity contribution in [2.24, 2.45) is 0 Å². The zero-order chi connectivity index (χ0) is 15.5. The summed E-state index contributed by atoms with van der Waals surface area (Å²) in [7, 11) is 0. The molecule has 0 unspecified atom stereocenters. The number of aromatic nitrogens is 1. The molecule has 112 valence electrons. The summed E-state index contributed by atoms with van der Waals surface area (Å²) < 4.78 is 19.3. The first kappa shape index (κ1) is 15.9. The normalized spacial score (nSPS) is 11.5. The van der Waals surface area contributed by atoms with Crippen molar-refractivity contribution in [2.45, 2.75) is 32.9 Å². The molecule has 0 spiro atoms. The van der Waals surface area contributed by atoms with Gasteiger partial charge in [0, 0.05) is 30.4 Å². The smallest absolute Gasteiger partial charge is 0.219 e. The van der Waals surface area contributed by atoms with Gasteiger partial charge in [-0.2, -0.15) is 0 Å². The molecule has 0 saturated heterocycles. The highest BCUT2D eigenvalue weighted by Crippen LogP contribution is 2.24. The number of nitrogens with one attached hydrogen (secondary N) is 1. The Kier molecular flexibility index (Phi) is 4.96. The Labute approximate surface area is 132 Å². The van der Waals surface area contributed by atoms with Crippen LogP contribution in [0.4, 0.5) is 4.39 Å². The lowest BCUT2D eigenvalue weighted by molar-refractivity contribution is 0.423. The zero-order valence-corrected chi connectivity index (χ0v) is 13.9. The lowest BCUT2D eigenvalue weighted by Crippen LogP contribution is -2.35. The van der Waals surface area contributed by atoms with Gasteiger partial charge >= 0.3 is 0 Å². The van der Waals surface area contributed by atoms with Crippen molar-refractivity contribution in [1.82, 2.24) is 10.3 Å². The molecule has 0 amide bonds. The van der Waals surface area contributed by atoms with Crippen molar-refractivity contribution in [3.63, 3.8) is 0 Å². The zero-order valence-electron chi connectivity index (χ0n) is 12.3. The van der Waals surface area contributed by atoms with E-state index in [-0.39, 0.29) is 11.4 Å². The van der Waals surface area contributed by atoms with Gasteiger partial charge in [0.2, 0.25) is 5.88 Å². The predicted octanol–water partition coefficient (Wildman–Crippen LogP) is 4.66. The molecule has 0 aliphatic carbocycles. The summed E-state index contributed by atoms with van der Waals surface area (Å²) in [6.07, 6.45) is 1.75. The predicted molar refractivity (Wildman–Crippen MR) is 85.0 cm³/mol. The molecule has 0 atom stereocenters. The molecule has 1 aromatic carbocycles. The van der Waals surface area contributed by atoms with E-state index in [1.807, 2.05) is 6.07 Å². The van der Waals surface area contributed by atoms with Crippen LogP contribution in [0.5, 0.6) is 11.6 Å². The lowest BCUT2D eigenvalue weighted by Gasteiger charge is -2.20. The van der Waals surface area contributed by atoms with Gasteiger partial charge in [0.25, 0.3) is 0 Å². The molecule has 0 bridgehead atoms. The molecule has 21 heavy (non-hydrogen) atoms. The second kappa shape index (κ2) is 6.54. The van der Waals surface area contributed by atoms with Crippen molar-refractivity contribution in [3.8, 4) is 11.6 Å². The summed E-state index contributed by atoms with van der Waals surface area (Å²) in [5.74, 6) is 0.499. The highest BCUT2D eigenvalue weighted by molar-refractivity contribution is 9.10. The molecule has 2 aromatic rings. The molecule has 0 radical (unpaired) electrons. The van der Waals surface area contributed by atoms with Crippen LogP contribution in [0, 0.1) is 5.82 Å². The number of nitrogens with zero attached hydrogens (tertiary/aromatic N) is 1. The van der Waals surface area contributed by atoms with Crippen LogP contribution in [-0.4, -0.2) is 10.5 Å². The van der Waals surface area contributed by atoms with E-state index >= 15 is 0 Å². The first-order valence-electron chi connectivity index (χ1n) is 6.66. The average molecular weight is 353 g/mol. The van der Waals surface area contributed by atoms with E-state index in [2.05, 4.69) is 47.0 Å². The van der Waals surface area contributed by atoms with Gasteiger partial charge in [-0.25, -0.2) is 9.37 Å². The largest absolute Gasteiger partial charge is 0.439 e. The summed E-state index contributed by atoms with van der Waals surface area (Å²) in [5.41, 5.74) is 1.13. The molecule has 1 N–H and O–H groups in total. The fourth-order valence-corrected chi connectivity index (χ4v) is 1.85. The summed E-state index contributed by atoms with van der Waals surface area (Å²) in [5, 5.41) is 3.39. The number of benzene rings is 1. The monoisotopic (exact) mass is 352 g/mol. The van der Waals surface area contributed by atoms with Crippen LogP contribution in [0.2, 0.25) is 0 Å². The summed E-state index contributed by atoms with van der Waals surface area (Å²) in [6.45, 7) is 7.07. The second-order valence-electron chi connectivity index (χ2n) is 5.79. The molecule has 2 rings (SSSR count). The first-order chi connectivity index (χ1) is 9.83. The SMILES string of the molecule is CC(C)(C)NCc1ccc(Oc2ccc(Br)c(F)c2)nc1. The van der Waals surface area contributed by atoms with E-state index in [9.17, 15) is 4.39 Å². The Morgan fingerprint density at radius 2 is 2.00 bits per heavy atom. The standard InChI is InChI=1S/C16H18BrFN2O/c1-16(2,3)20-10-11-4-7-15(19-9-11)21-12-5-6-13(17)14(18)8-12/h4-9,20H,10H2,1-3H3. The van der Waals surface area contributed by atoms with Crippen LogP contribution in [0.15, 0.2) is 41.0 Å². The fraction of sp³-hybridized carbons (Fsp3) is 0.312. The molecular formula is C16H18BrFN2O. The summed E-state index contributed by atoms with van der Waals surface area (Å²) >= 11 is 3.10. The topological polar surface area (TPSA) is 34.1 Å². The minimum atomic E-state index is -0.363. The van der Waals surface area contributed by atoms with Crippen LogP contribution >= 0.6 is 15.9 Å². The van der Waals surface area contributed by atoms with Crippen LogP contribution in [-0.2, 0) is 6.54 Å². The van der Waals surface area contributed by atoms with E-state index < -0.39 is 0 Å². The Morgan fingerprint density at radius 3 is 2.57 bits per heavy atom. The summed E-state index contributed by atoms with van der Waals surface area (Å²) in [4.78, 5) is 4.23. The van der Waals surface area contributed by atoms with E-state index in [1.165, 1.54) is 6.07 Å². The maximum atomic E-state index is 13.4. The van der Waals surface area contributed by atoms with Gasteiger partial charge in [0.1, 0.15) is 11.6 Å². The van der Waals surface area contributed by atoms with Gasteiger partial charge in [0.05, 0.1) is 4.47 Å². The van der Waals surface area contributed by atoms with Crippen molar-refractivity contribution in [2.75, 3.05) is 0 Å². The van der Waals surface area contributed by atoms with Crippen molar-refractivity contribution in [3.05, 3.63) is 52.4 Å². The van der Waals surface area contributed by atoms with Crippen LogP contribution in [0.3, 0.4) is 0 Å². The Morgan fingerprint density at radius 1 is 1.24 bits per heavy atom. The van der Waals surface area contributed by atoms with Crippen LogP contribution < -0.4 is 10.1 Å². The first-order valence-corrected chi connectivity index (χ1v) is 7.46. The number of ether oxygens (including phenoxy) is 1. The highest BCUT2D eigenvalue weighted by atomic mass is 79.9. The number of hydrogen-bond acceptors (Lipinski definition) is 3. The van der Waals surface area contributed by atoms with Gasteiger partial charge in [0.15, 0.2) is 0 Å². The van der Waals surface area contributed by atoms with Crippen LogP contribution in [0.25, 0.3) is 0 Å². The molecule has 0 saturated carbocycles. The molecule has 3 nitrogen and oxygen atoms in total. The molecule has 0 fully saturated rings. The Bertz CT molecular complexity index is 609. The number of halogens is 2. The molecular weight excluding hydrogens is 335 g/mol. The van der Waals surface area contributed by atoms with Gasteiger partial charge in [-0.15, -0.1) is 0 Å². The van der Waals surface area contributed by atoms with E-state index in [0.29, 0.717) is 16.1 Å². The maximum absolute atomic E-state index is 13.4. The van der Waals surface area contributed by atoms with Crippen molar-refractivity contribution < 1.29 is 9.13 Å². The number of hydrogen-bond donors (Lipinski definition) is 1. The molecule has 1 heterocycles. The third-order valence-corrected chi connectivity index (χ3v) is 3.38. The average Bonchev–Trinajstić information content (AvgIpc) is 2.41. The van der Waals surface area contributed by atoms with Crippen LogP contribution in [0.1, 0.15) is 26.3 Å². The van der Waals surface area contributed by atoms with Gasteiger partial charge in [-0.1, -0.05) is 6.07 Å². The Hall–Kier alpha value is -1.46. The fourth-order valence-electron chi connectivity index (χ4n) is 1.60. The Balaban J connectivity index is 2.00. The second-order valence-corrected chi connectivity index (χ2v) is 6.64. The minimum absolute atomic E-state index is 0.0596. The minimum Gasteiger partial charge on any atom is -0.439 e. The van der Waals surface area contributed by atoms with E-state index in [1.54, 1.807) is 24.4 Å². The lowest BCUT2D eigenvalue weighted by atomic mass is 10.1. The van der Waals surface area contributed by atoms with Gasteiger partial charge in [-0.05, 0) is 54.4 Å². The highest BCUT2D eigenvalue weighted by Gasteiger charge is 2.09. The number of pyridine rings is 1. The van der Waals surface area contributed by atoms with Gasteiger partial charge in [-0.3, -0.25) is 0 Å². The van der Waals surface area contributed by atoms with Crippen molar-refractivity contribution in [1.29, 1.82) is 0 Å². The molecule has 0 aliphatic heterocycles. The third-order valence-electron chi connectivity index (χ3n) is 2.73. The van der Waals surface area contributed by atoms with E-state index in [0.717, 1.165) is 12.1 Å². The maximum Gasteiger partial charge on any atom is 0.219 e. The van der Waals surface area contributed by atoms with Gasteiger partial charge < -0.3 is 10.1 Å². The van der Waals surface area contributed by atoms with Crippen molar-refractivity contribution >= 4 is 15.9 Å². The molecule has 5 heteroatoms. The number of rotatable bonds is 4. The molecule has 0 aliphatic rings. The molecule has 1 aromatic heterocycles. The van der Waals surface area contributed by atoms with E-state index in [4.69, 9.17) is 4.74 Å².